The van der Waals surface area contributed by atoms with Crippen LogP contribution in [0.4, 0.5) is 0 Å². The number of amides is 1. The first-order valence-electron chi connectivity index (χ1n) is 8.66. The van der Waals surface area contributed by atoms with Crippen molar-refractivity contribution in [2.75, 3.05) is 27.7 Å². The molecule has 0 bridgehead atoms. The zero-order valence-electron chi connectivity index (χ0n) is 15.4. The van der Waals surface area contributed by atoms with Crippen LogP contribution in [0.25, 0.3) is 10.8 Å². The van der Waals surface area contributed by atoms with E-state index in [1.807, 2.05) is 20.2 Å². The van der Waals surface area contributed by atoms with Gasteiger partial charge in [0.15, 0.2) is 0 Å². The molecule has 0 fully saturated rings. The van der Waals surface area contributed by atoms with Gasteiger partial charge in [0, 0.05) is 12.1 Å². The molecule has 0 radical (unpaired) electrons. The lowest BCUT2D eigenvalue weighted by atomic mass is 9.98. The number of carbonyl (C=O) groups is 1. The molecule has 1 atom stereocenters. The van der Waals surface area contributed by atoms with Gasteiger partial charge >= 0.3 is 0 Å². The van der Waals surface area contributed by atoms with E-state index in [1.54, 1.807) is 31.4 Å². The number of nitrogens with one attached hydrogen (secondary N) is 1. The second kappa shape index (κ2) is 8.02. The molecule has 1 N–H and O–H groups in total. The number of nitrogens with zero attached hydrogens (tertiary/aromatic N) is 1. The van der Waals surface area contributed by atoms with Crippen LogP contribution >= 0.6 is 0 Å². The van der Waals surface area contributed by atoms with Gasteiger partial charge < -0.3 is 15.0 Å². The molecule has 0 aromatic heterocycles. The second-order valence-corrected chi connectivity index (χ2v) is 6.49. The van der Waals surface area contributed by atoms with E-state index < -0.39 is 0 Å². The molecule has 4 heteroatoms. The van der Waals surface area contributed by atoms with Crippen LogP contribution in [0.2, 0.25) is 0 Å². The van der Waals surface area contributed by atoms with Crippen molar-refractivity contribution in [1.29, 1.82) is 0 Å². The zero-order valence-corrected chi connectivity index (χ0v) is 15.4. The fourth-order valence-electron chi connectivity index (χ4n) is 3.15. The van der Waals surface area contributed by atoms with Gasteiger partial charge in [0.25, 0.3) is 5.91 Å². The average molecular weight is 348 g/mol. The summed E-state index contributed by atoms with van der Waals surface area (Å²) in [7, 11) is 5.68. The third-order valence-corrected chi connectivity index (χ3v) is 4.61. The Bertz CT molecular complexity index is 883. The molecule has 3 rings (SSSR count). The summed E-state index contributed by atoms with van der Waals surface area (Å²) in [4.78, 5) is 14.6. The molecule has 3 aromatic carbocycles. The summed E-state index contributed by atoms with van der Waals surface area (Å²) in [5.41, 5.74) is 1.84. The first kappa shape index (κ1) is 18.0. The normalized spacial score (nSPS) is 12.2. The van der Waals surface area contributed by atoms with E-state index in [0.717, 1.165) is 5.75 Å². The Morgan fingerprint density at radius 1 is 1.00 bits per heavy atom. The fourth-order valence-corrected chi connectivity index (χ4v) is 3.15. The first-order chi connectivity index (χ1) is 12.6. The summed E-state index contributed by atoms with van der Waals surface area (Å²) < 4.78 is 5.14. The Hall–Kier alpha value is -2.85. The highest BCUT2D eigenvalue weighted by Crippen LogP contribution is 2.26. The predicted octanol–water partition coefficient (Wildman–Crippen LogP) is 3.88. The van der Waals surface area contributed by atoms with Crippen LogP contribution in [0.1, 0.15) is 22.0 Å². The number of fused-ring (bicyclic) bond motifs is 1. The molecule has 26 heavy (non-hydrogen) atoms. The van der Waals surface area contributed by atoms with Gasteiger partial charge in [0.2, 0.25) is 0 Å². The fraction of sp³-hybridized carbons (Fsp3) is 0.227. The summed E-state index contributed by atoms with van der Waals surface area (Å²) >= 11 is 0. The maximum Gasteiger partial charge on any atom is 0.251 e. The number of hydrogen-bond donors (Lipinski definition) is 1. The highest BCUT2D eigenvalue weighted by atomic mass is 16.5. The van der Waals surface area contributed by atoms with Gasteiger partial charge in [-0.05, 0) is 54.7 Å². The quantitative estimate of drug-likeness (QED) is 0.735. The van der Waals surface area contributed by atoms with Crippen molar-refractivity contribution >= 4 is 16.7 Å². The maximum absolute atomic E-state index is 12.5. The molecule has 0 saturated heterocycles. The van der Waals surface area contributed by atoms with Gasteiger partial charge in [-0.15, -0.1) is 0 Å². The van der Waals surface area contributed by atoms with E-state index in [-0.39, 0.29) is 11.9 Å². The second-order valence-electron chi connectivity index (χ2n) is 6.49. The van der Waals surface area contributed by atoms with Crippen LogP contribution in [0, 0.1) is 0 Å². The van der Waals surface area contributed by atoms with E-state index in [4.69, 9.17) is 4.74 Å². The molecule has 0 heterocycles. The van der Waals surface area contributed by atoms with Crippen LogP contribution in [-0.2, 0) is 0 Å². The summed E-state index contributed by atoms with van der Waals surface area (Å²) in [5, 5.41) is 5.48. The predicted molar refractivity (Wildman–Crippen MR) is 106 cm³/mol. The number of rotatable bonds is 6. The topological polar surface area (TPSA) is 41.6 Å². The van der Waals surface area contributed by atoms with Crippen molar-refractivity contribution in [2.45, 2.75) is 6.04 Å². The number of likely N-dealkylation sites (N-methyl/N-ethyl adjacent to an activating group) is 1. The molecule has 0 spiro atoms. The molecule has 3 aromatic rings. The lowest BCUT2D eigenvalue weighted by Crippen LogP contribution is -2.34. The van der Waals surface area contributed by atoms with Crippen molar-refractivity contribution in [2.24, 2.45) is 0 Å². The molecule has 0 aliphatic carbocycles. The molecule has 0 aliphatic rings. The van der Waals surface area contributed by atoms with Crippen molar-refractivity contribution in [3.8, 4) is 5.75 Å². The Morgan fingerprint density at radius 3 is 2.38 bits per heavy atom. The molecular weight excluding hydrogens is 324 g/mol. The van der Waals surface area contributed by atoms with Crippen LogP contribution < -0.4 is 10.1 Å². The SMILES string of the molecule is COc1ccc(C(=O)NCC(c2cccc3ccccc23)N(C)C)cc1. The molecular formula is C22H24N2O2. The summed E-state index contributed by atoms with van der Waals surface area (Å²) in [6.45, 7) is 0.534. The third-order valence-electron chi connectivity index (χ3n) is 4.61. The molecule has 1 amide bonds. The average Bonchev–Trinajstić information content (AvgIpc) is 2.68. The number of carbonyl (C=O) groups excluding carboxylic acids is 1. The van der Waals surface area contributed by atoms with Gasteiger partial charge in [-0.1, -0.05) is 42.5 Å². The maximum atomic E-state index is 12.5. The van der Waals surface area contributed by atoms with Gasteiger partial charge in [-0.25, -0.2) is 0 Å². The monoisotopic (exact) mass is 348 g/mol. The minimum Gasteiger partial charge on any atom is -0.497 e. The van der Waals surface area contributed by atoms with Gasteiger partial charge in [-0.2, -0.15) is 0 Å². The summed E-state index contributed by atoms with van der Waals surface area (Å²) in [6.07, 6.45) is 0. The molecule has 0 saturated carbocycles. The largest absolute Gasteiger partial charge is 0.497 e. The van der Waals surface area contributed by atoms with Crippen molar-refractivity contribution in [3.63, 3.8) is 0 Å². The number of hydrogen-bond acceptors (Lipinski definition) is 3. The summed E-state index contributed by atoms with van der Waals surface area (Å²) in [6, 6.07) is 21.9. The number of methoxy groups -OCH3 is 1. The molecule has 4 nitrogen and oxygen atoms in total. The molecule has 1 unspecified atom stereocenters. The lowest BCUT2D eigenvalue weighted by molar-refractivity contribution is 0.0942. The van der Waals surface area contributed by atoms with E-state index in [0.29, 0.717) is 12.1 Å². The van der Waals surface area contributed by atoms with E-state index >= 15 is 0 Å². The van der Waals surface area contributed by atoms with Crippen molar-refractivity contribution < 1.29 is 9.53 Å². The van der Waals surface area contributed by atoms with Crippen molar-refractivity contribution in [3.05, 3.63) is 77.9 Å². The highest BCUT2D eigenvalue weighted by Gasteiger charge is 2.18. The Morgan fingerprint density at radius 2 is 1.69 bits per heavy atom. The van der Waals surface area contributed by atoms with Crippen molar-refractivity contribution in [1.82, 2.24) is 10.2 Å². The number of ether oxygens (including phenoxy) is 1. The van der Waals surface area contributed by atoms with Gasteiger partial charge in [-0.3, -0.25) is 4.79 Å². The summed E-state index contributed by atoms with van der Waals surface area (Å²) in [5.74, 6) is 0.656. The smallest absolute Gasteiger partial charge is 0.251 e. The Kier molecular flexibility index (Phi) is 5.54. The van der Waals surface area contributed by atoms with E-state index in [2.05, 4.69) is 46.6 Å². The molecule has 134 valence electrons. The number of benzene rings is 3. The Balaban J connectivity index is 1.79. The lowest BCUT2D eigenvalue weighted by Gasteiger charge is -2.26. The minimum absolute atomic E-state index is 0.0836. The zero-order chi connectivity index (χ0) is 18.5. The first-order valence-corrected chi connectivity index (χ1v) is 8.66. The van der Waals surface area contributed by atoms with Gasteiger partial charge in [0.1, 0.15) is 5.75 Å². The van der Waals surface area contributed by atoms with E-state index in [9.17, 15) is 4.79 Å². The van der Waals surface area contributed by atoms with Crippen LogP contribution in [0.5, 0.6) is 5.75 Å². The minimum atomic E-state index is -0.0836. The van der Waals surface area contributed by atoms with Crippen LogP contribution in [0.15, 0.2) is 66.7 Å². The van der Waals surface area contributed by atoms with E-state index in [1.165, 1.54) is 16.3 Å². The molecule has 0 aliphatic heterocycles. The standard InChI is InChI=1S/C22H24N2O2/c1-24(2)21(20-10-6-8-16-7-4-5-9-19(16)20)15-23-22(25)17-11-13-18(26-3)14-12-17/h4-14,21H,15H2,1-3H3,(H,23,25). The third kappa shape index (κ3) is 3.86. The van der Waals surface area contributed by atoms with Gasteiger partial charge in [0.05, 0.1) is 13.2 Å². The Labute approximate surface area is 154 Å². The van der Waals surface area contributed by atoms with Crippen LogP contribution in [0.3, 0.4) is 0 Å². The highest BCUT2D eigenvalue weighted by molar-refractivity contribution is 5.94. The van der Waals surface area contributed by atoms with Crippen LogP contribution in [-0.4, -0.2) is 38.6 Å².